The van der Waals surface area contributed by atoms with E-state index < -0.39 is 17.7 Å². The van der Waals surface area contributed by atoms with Crippen LogP contribution >= 0.6 is 0 Å². The number of aryl methyl sites for hydroxylation is 1. The van der Waals surface area contributed by atoms with Crippen molar-refractivity contribution in [2.45, 2.75) is 46.1 Å². The Balaban J connectivity index is 2.23. The molecule has 1 N–H and O–H groups in total. The van der Waals surface area contributed by atoms with Gasteiger partial charge in [0.25, 0.3) is 11.7 Å². The lowest BCUT2D eigenvalue weighted by molar-refractivity contribution is -0.139. The van der Waals surface area contributed by atoms with Crippen LogP contribution in [-0.2, 0) is 9.59 Å². The standard InChI is InChI=1S/C25H29NO4/c1-6-13-26-22(18-10-8-7-9-16(18)4)21(24(28)25(26)29)23(27)17-11-12-20(30-5)19(14-17)15(2)3/h7-12,14-15,22,27H,6,13H2,1-5H3/b23-21+. The van der Waals surface area contributed by atoms with E-state index in [4.69, 9.17) is 4.74 Å². The highest BCUT2D eigenvalue weighted by Crippen LogP contribution is 2.41. The van der Waals surface area contributed by atoms with Gasteiger partial charge in [0.05, 0.1) is 18.7 Å². The van der Waals surface area contributed by atoms with Crippen molar-refractivity contribution in [2.75, 3.05) is 13.7 Å². The van der Waals surface area contributed by atoms with Gasteiger partial charge in [0, 0.05) is 12.1 Å². The first-order valence-electron chi connectivity index (χ1n) is 10.3. The maximum absolute atomic E-state index is 13.0. The molecule has 158 valence electrons. The molecule has 0 aliphatic carbocycles. The molecule has 1 fully saturated rings. The zero-order valence-corrected chi connectivity index (χ0v) is 18.2. The number of benzene rings is 2. The summed E-state index contributed by atoms with van der Waals surface area (Å²) in [6.07, 6.45) is 0.718. The maximum atomic E-state index is 13.0. The van der Waals surface area contributed by atoms with E-state index >= 15 is 0 Å². The van der Waals surface area contributed by atoms with Crippen LogP contribution in [0.2, 0.25) is 0 Å². The molecule has 1 amide bonds. The van der Waals surface area contributed by atoms with Crippen LogP contribution in [0.3, 0.4) is 0 Å². The molecule has 1 saturated heterocycles. The molecule has 1 heterocycles. The second-order valence-corrected chi connectivity index (χ2v) is 7.96. The van der Waals surface area contributed by atoms with Crippen molar-refractivity contribution in [1.29, 1.82) is 0 Å². The number of likely N-dealkylation sites (tertiary alicyclic amines) is 1. The lowest BCUT2D eigenvalue weighted by Gasteiger charge is -2.26. The first-order chi connectivity index (χ1) is 14.3. The molecular formula is C25H29NO4. The molecule has 0 saturated carbocycles. The van der Waals surface area contributed by atoms with Gasteiger partial charge in [0.2, 0.25) is 0 Å². The largest absolute Gasteiger partial charge is 0.507 e. The first kappa shape index (κ1) is 21.6. The van der Waals surface area contributed by atoms with E-state index in [1.165, 1.54) is 0 Å². The average molecular weight is 408 g/mol. The Morgan fingerprint density at radius 2 is 1.87 bits per heavy atom. The number of hydrogen-bond acceptors (Lipinski definition) is 4. The number of methoxy groups -OCH3 is 1. The van der Waals surface area contributed by atoms with Gasteiger partial charge in [-0.2, -0.15) is 0 Å². The van der Waals surface area contributed by atoms with E-state index in [9.17, 15) is 14.7 Å². The minimum Gasteiger partial charge on any atom is -0.507 e. The summed E-state index contributed by atoms with van der Waals surface area (Å²) in [4.78, 5) is 27.4. The molecule has 2 aromatic rings. The normalized spacial score (nSPS) is 18.3. The molecule has 1 atom stereocenters. The minimum atomic E-state index is -0.642. The Bertz CT molecular complexity index is 1010. The van der Waals surface area contributed by atoms with Gasteiger partial charge in [0.15, 0.2) is 0 Å². The Hall–Kier alpha value is -3.08. The van der Waals surface area contributed by atoms with Crippen molar-refractivity contribution >= 4 is 17.4 Å². The average Bonchev–Trinajstić information content (AvgIpc) is 2.98. The number of carbonyl (C=O) groups is 2. The molecule has 0 aromatic heterocycles. The van der Waals surface area contributed by atoms with Gasteiger partial charge >= 0.3 is 0 Å². The molecular weight excluding hydrogens is 378 g/mol. The van der Waals surface area contributed by atoms with Crippen molar-refractivity contribution in [3.05, 3.63) is 70.3 Å². The molecule has 5 heteroatoms. The summed E-state index contributed by atoms with van der Waals surface area (Å²) in [6.45, 7) is 8.43. The number of ether oxygens (including phenoxy) is 1. The summed E-state index contributed by atoms with van der Waals surface area (Å²) in [5, 5.41) is 11.2. The second kappa shape index (κ2) is 8.74. The van der Waals surface area contributed by atoms with Crippen molar-refractivity contribution in [2.24, 2.45) is 0 Å². The number of amides is 1. The third-order valence-corrected chi connectivity index (χ3v) is 5.61. The summed E-state index contributed by atoms with van der Waals surface area (Å²) in [7, 11) is 1.61. The lowest BCUT2D eigenvalue weighted by atomic mass is 9.91. The second-order valence-electron chi connectivity index (χ2n) is 7.96. The van der Waals surface area contributed by atoms with E-state index in [1.807, 2.05) is 58.0 Å². The smallest absolute Gasteiger partial charge is 0.295 e. The number of aliphatic hydroxyl groups is 1. The number of ketones is 1. The van der Waals surface area contributed by atoms with Gasteiger partial charge in [-0.3, -0.25) is 9.59 Å². The Morgan fingerprint density at radius 1 is 1.17 bits per heavy atom. The third kappa shape index (κ3) is 3.72. The zero-order valence-electron chi connectivity index (χ0n) is 18.2. The fourth-order valence-corrected chi connectivity index (χ4v) is 4.06. The molecule has 0 bridgehead atoms. The van der Waals surface area contributed by atoms with Crippen molar-refractivity contribution < 1.29 is 19.4 Å². The van der Waals surface area contributed by atoms with Crippen LogP contribution in [0.4, 0.5) is 0 Å². The van der Waals surface area contributed by atoms with Gasteiger partial charge in [0.1, 0.15) is 11.5 Å². The van der Waals surface area contributed by atoms with Gasteiger partial charge in [-0.15, -0.1) is 0 Å². The van der Waals surface area contributed by atoms with Crippen molar-refractivity contribution in [3.63, 3.8) is 0 Å². The number of rotatable bonds is 6. The minimum absolute atomic E-state index is 0.141. The number of aliphatic hydroxyl groups excluding tert-OH is 1. The molecule has 3 rings (SSSR count). The first-order valence-corrected chi connectivity index (χ1v) is 10.3. The Morgan fingerprint density at radius 3 is 2.47 bits per heavy atom. The van der Waals surface area contributed by atoms with Gasteiger partial charge in [-0.1, -0.05) is 45.0 Å². The third-order valence-electron chi connectivity index (χ3n) is 5.61. The fraction of sp³-hybridized carbons (Fsp3) is 0.360. The summed E-state index contributed by atoms with van der Waals surface area (Å²) >= 11 is 0. The van der Waals surface area contributed by atoms with Crippen LogP contribution < -0.4 is 4.74 Å². The fourth-order valence-electron chi connectivity index (χ4n) is 4.06. The number of carbonyl (C=O) groups excluding carboxylic acids is 2. The van der Waals surface area contributed by atoms with E-state index in [0.717, 1.165) is 28.9 Å². The maximum Gasteiger partial charge on any atom is 0.295 e. The molecule has 1 aliphatic heterocycles. The molecule has 0 radical (unpaired) electrons. The van der Waals surface area contributed by atoms with Crippen LogP contribution in [0.25, 0.3) is 5.76 Å². The molecule has 1 aliphatic rings. The summed E-state index contributed by atoms with van der Waals surface area (Å²) < 4.78 is 5.43. The monoisotopic (exact) mass is 407 g/mol. The molecule has 5 nitrogen and oxygen atoms in total. The summed E-state index contributed by atoms with van der Waals surface area (Å²) in [5.74, 6) is -0.462. The molecule has 2 aromatic carbocycles. The lowest BCUT2D eigenvalue weighted by Crippen LogP contribution is -2.30. The number of hydrogen-bond donors (Lipinski definition) is 1. The van der Waals surface area contributed by atoms with Crippen LogP contribution in [0.15, 0.2) is 48.0 Å². The van der Waals surface area contributed by atoms with Gasteiger partial charge in [-0.25, -0.2) is 0 Å². The summed E-state index contributed by atoms with van der Waals surface area (Å²) in [5.41, 5.74) is 3.39. The SMILES string of the molecule is CCCN1C(=O)C(=O)/C(=C(/O)c2ccc(OC)c(C(C)C)c2)C1c1ccccc1C. The van der Waals surface area contributed by atoms with E-state index in [0.29, 0.717) is 12.1 Å². The quantitative estimate of drug-likeness (QED) is 0.418. The van der Waals surface area contributed by atoms with Crippen molar-refractivity contribution in [1.82, 2.24) is 4.90 Å². The van der Waals surface area contributed by atoms with Crippen LogP contribution in [0.5, 0.6) is 5.75 Å². The molecule has 30 heavy (non-hydrogen) atoms. The Kier molecular flexibility index (Phi) is 6.30. The topological polar surface area (TPSA) is 66.8 Å². The molecule has 0 spiro atoms. The zero-order chi connectivity index (χ0) is 22.0. The summed E-state index contributed by atoms with van der Waals surface area (Å²) in [6, 6.07) is 12.4. The van der Waals surface area contributed by atoms with E-state index in [2.05, 4.69) is 0 Å². The highest BCUT2D eigenvalue weighted by molar-refractivity contribution is 6.46. The van der Waals surface area contributed by atoms with Crippen molar-refractivity contribution in [3.8, 4) is 5.75 Å². The van der Waals surface area contributed by atoms with Crippen LogP contribution in [0, 0.1) is 6.92 Å². The van der Waals surface area contributed by atoms with E-state index in [1.54, 1.807) is 24.1 Å². The van der Waals surface area contributed by atoms with Crippen LogP contribution in [-0.4, -0.2) is 35.4 Å². The highest BCUT2D eigenvalue weighted by atomic mass is 16.5. The van der Waals surface area contributed by atoms with E-state index in [-0.39, 0.29) is 17.3 Å². The molecule has 1 unspecified atom stereocenters. The van der Waals surface area contributed by atoms with Gasteiger partial charge < -0.3 is 14.7 Å². The number of Topliss-reactive ketones (excluding diaryl/α,β-unsaturated/α-hetero) is 1. The number of nitrogens with zero attached hydrogens (tertiary/aromatic N) is 1. The Labute approximate surface area is 178 Å². The predicted molar refractivity (Wildman–Crippen MR) is 118 cm³/mol. The predicted octanol–water partition coefficient (Wildman–Crippen LogP) is 4.96. The van der Waals surface area contributed by atoms with Gasteiger partial charge in [-0.05, 0) is 54.2 Å². The highest BCUT2D eigenvalue weighted by Gasteiger charge is 2.46. The van der Waals surface area contributed by atoms with Crippen LogP contribution in [0.1, 0.15) is 61.4 Å².